The lowest BCUT2D eigenvalue weighted by atomic mass is 10.1. The second kappa shape index (κ2) is 5.06. The molecule has 3 nitrogen and oxygen atoms in total. The Morgan fingerprint density at radius 2 is 2.05 bits per heavy atom. The average molecular weight is 269 g/mol. The first-order chi connectivity index (χ1) is 9.69. The van der Waals surface area contributed by atoms with Crippen molar-refractivity contribution in [2.75, 3.05) is 6.54 Å². The molecule has 0 unspecified atom stereocenters. The lowest BCUT2D eigenvalue weighted by Crippen LogP contribution is -2.02. The van der Waals surface area contributed by atoms with E-state index >= 15 is 0 Å². The van der Waals surface area contributed by atoms with Crippen LogP contribution in [-0.4, -0.2) is 16.1 Å². The van der Waals surface area contributed by atoms with E-state index in [2.05, 4.69) is 11.1 Å². The van der Waals surface area contributed by atoms with Gasteiger partial charge in [-0.2, -0.15) is 0 Å². The molecule has 0 saturated carbocycles. The van der Waals surface area contributed by atoms with Crippen LogP contribution >= 0.6 is 0 Å². The highest BCUT2D eigenvalue weighted by Crippen LogP contribution is 2.24. The summed E-state index contributed by atoms with van der Waals surface area (Å²) in [7, 11) is 1.95. The van der Waals surface area contributed by atoms with Gasteiger partial charge in [0.1, 0.15) is 11.6 Å². The number of imidazole rings is 1. The fraction of sp³-hybridized carbons (Fsp3) is 0.188. The standard InChI is InChI=1S/C16H16FN3/c1-20-15-9-11(7-8-18)5-6-14(15)19-16(20)12-3-2-4-13(17)10-12/h2-6,9-10H,7-8,18H2,1H3. The number of aryl methyl sites for hydroxylation is 1. The van der Waals surface area contributed by atoms with E-state index in [-0.39, 0.29) is 5.82 Å². The van der Waals surface area contributed by atoms with Crippen molar-refractivity contribution in [1.82, 2.24) is 9.55 Å². The first-order valence-electron chi connectivity index (χ1n) is 6.60. The molecule has 2 aromatic carbocycles. The molecule has 102 valence electrons. The van der Waals surface area contributed by atoms with Crippen molar-refractivity contribution >= 4 is 11.0 Å². The Kier molecular flexibility index (Phi) is 3.24. The lowest BCUT2D eigenvalue weighted by Gasteiger charge is -2.03. The van der Waals surface area contributed by atoms with Crippen LogP contribution in [0.3, 0.4) is 0 Å². The van der Waals surface area contributed by atoms with Gasteiger partial charge in [0.05, 0.1) is 11.0 Å². The van der Waals surface area contributed by atoms with Crippen LogP contribution in [0.2, 0.25) is 0 Å². The zero-order chi connectivity index (χ0) is 14.1. The van der Waals surface area contributed by atoms with Gasteiger partial charge in [-0.15, -0.1) is 0 Å². The molecule has 0 amide bonds. The van der Waals surface area contributed by atoms with E-state index in [1.54, 1.807) is 6.07 Å². The van der Waals surface area contributed by atoms with E-state index in [0.29, 0.717) is 6.54 Å². The van der Waals surface area contributed by atoms with E-state index in [0.717, 1.165) is 28.8 Å². The molecule has 2 N–H and O–H groups in total. The number of hydrogen-bond donors (Lipinski definition) is 1. The number of nitrogens with zero attached hydrogens (tertiary/aromatic N) is 2. The van der Waals surface area contributed by atoms with Crippen molar-refractivity contribution in [2.45, 2.75) is 6.42 Å². The highest BCUT2D eigenvalue weighted by Gasteiger charge is 2.10. The van der Waals surface area contributed by atoms with Crippen LogP contribution in [0.4, 0.5) is 4.39 Å². The van der Waals surface area contributed by atoms with Crippen molar-refractivity contribution in [3.63, 3.8) is 0 Å². The second-order valence-electron chi connectivity index (χ2n) is 4.87. The van der Waals surface area contributed by atoms with Gasteiger partial charge >= 0.3 is 0 Å². The predicted molar refractivity (Wildman–Crippen MR) is 78.9 cm³/mol. The highest BCUT2D eigenvalue weighted by atomic mass is 19.1. The Bertz CT molecular complexity index is 762. The number of nitrogens with two attached hydrogens (primary N) is 1. The monoisotopic (exact) mass is 269 g/mol. The summed E-state index contributed by atoms with van der Waals surface area (Å²) >= 11 is 0. The van der Waals surface area contributed by atoms with Crippen LogP contribution in [0.5, 0.6) is 0 Å². The number of halogens is 1. The van der Waals surface area contributed by atoms with Crippen molar-refractivity contribution in [2.24, 2.45) is 12.8 Å². The zero-order valence-corrected chi connectivity index (χ0v) is 11.3. The molecule has 0 fully saturated rings. The van der Waals surface area contributed by atoms with Crippen LogP contribution in [0.25, 0.3) is 22.4 Å². The maximum Gasteiger partial charge on any atom is 0.140 e. The third kappa shape index (κ3) is 2.18. The minimum absolute atomic E-state index is 0.252. The number of benzene rings is 2. The smallest absolute Gasteiger partial charge is 0.140 e. The summed E-state index contributed by atoms with van der Waals surface area (Å²) in [6.07, 6.45) is 0.844. The normalized spacial score (nSPS) is 11.2. The van der Waals surface area contributed by atoms with Gasteiger partial charge in [0.15, 0.2) is 0 Å². The molecule has 0 atom stereocenters. The summed E-state index contributed by atoms with van der Waals surface area (Å²) in [6, 6.07) is 12.6. The van der Waals surface area contributed by atoms with E-state index in [4.69, 9.17) is 5.73 Å². The summed E-state index contributed by atoms with van der Waals surface area (Å²) < 4.78 is 15.3. The van der Waals surface area contributed by atoms with E-state index in [1.165, 1.54) is 17.7 Å². The van der Waals surface area contributed by atoms with Crippen LogP contribution in [0.15, 0.2) is 42.5 Å². The fourth-order valence-electron chi connectivity index (χ4n) is 2.44. The first-order valence-corrected chi connectivity index (χ1v) is 6.60. The minimum atomic E-state index is -0.252. The average Bonchev–Trinajstić information content (AvgIpc) is 2.77. The van der Waals surface area contributed by atoms with Gasteiger partial charge in [0.2, 0.25) is 0 Å². The minimum Gasteiger partial charge on any atom is -0.330 e. The van der Waals surface area contributed by atoms with Gasteiger partial charge in [0, 0.05) is 12.6 Å². The molecule has 4 heteroatoms. The quantitative estimate of drug-likeness (QED) is 0.794. The van der Waals surface area contributed by atoms with Crippen molar-refractivity contribution in [3.05, 3.63) is 53.8 Å². The summed E-state index contributed by atoms with van der Waals surface area (Å²) in [5.41, 5.74) is 9.51. The van der Waals surface area contributed by atoms with Crippen LogP contribution in [0, 0.1) is 5.82 Å². The Morgan fingerprint density at radius 1 is 1.20 bits per heavy atom. The third-order valence-corrected chi connectivity index (χ3v) is 3.46. The lowest BCUT2D eigenvalue weighted by molar-refractivity contribution is 0.628. The highest BCUT2D eigenvalue weighted by molar-refractivity contribution is 5.81. The molecule has 0 aliphatic rings. The molecule has 0 radical (unpaired) electrons. The number of rotatable bonds is 3. The molecule has 20 heavy (non-hydrogen) atoms. The largest absolute Gasteiger partial charge is 0.330 e. The van der Waals surface area contributed by atoms with Gasteiger partial charge < -0.3 is 10.3 Å². The summed E-state index contributed by atoms with van der Waals surface area (Å²) in [6.45, 7) is 0.625. The van der Waals surface area contributed by atoms with Crippen molar-refractivity contribution in [3.8, 4) is 11.4 Å². The van der Waals surface area contributed by atoms with E-state index < -0.39 is 0 Å². The fourth-order valence-corrected chi connectivity index (χ4v) is 2.44. The topological polar surface area (TPSA) is 43.8 Å². The number of hydrogen-bond acceptors (Lipinski definition) is 2. The number of aromatic nitrogens is 2. The molecular formula is C16H16FN3. The molecule has 1 heterocycles. The van der Waals surface area contributed by atoms with Gasteiger partial charge in [-0.25, -0.2) is 9.37 Å². The summed E-state index contributed by atoms with van der Waals surface area (Å²) in [5.74, 6) is 0.516. The van der Waals surface area contributed by atoms with Crippen molar-refractivity contribution < 1.29 is 4.39 Å². The SMILES string of the molecule is Cn1c(-c2cccc(F)c2)nc2ccc(CCN)cc21. The Hall–Kier alpha value is -2.20. The molecular weight excluding hydrogens is 253 g/mol. The Balaban J connectivity index is 2.15. The first kappa shape index (κ1) is 12.8. The van der Waals surface area contributed by atoms with Crippen molar-refractivity contribution in [1.29, 1.82) is 0 Å². The van der Waals surface area contributed by atoms with Gasteiger partial charge in [-0.05, 0) is 42.8 Å². The maximum atomic E-state index is 13.4. The molecule has 1 aromatic heterocycles. The van der Waals surface area contributed by atoms with E-state index in [9.17, 15) is 4.39 Å². The van der Waals surface area contributed by atoms with Gasteiger partial charge in [0.25, 0.3) is 0 Å². The molecule has 3 aromatic rings. The number of fused-ring (bicyclic) bond motifs is 1. The Labute approximate surface area is 116 Å². The van der Waals surface area contributed by atoms with Crippen LogP contribution in [0.1, 0.15) is 5.56 Å². The molecule has 0 aliphatic carbocycles. The molecule has 0 spiro atoms. The summed E-state index contributed by atoms with van der Waals surface area (Å²) in [5, 5.41) is 0. The molecule has 0 aliphatic heterocycles. The second-order valence-corrected chi connectivity index (χ2v) is 4.87. The van der Waals surface area contributed by atoms with Crippen LogP contribution < -0.4 is 5.73 Å². The van der Waals surface area contributed by atoms with E-state index in [1.807, 2.05) is 29.8 Å². The van der Waals surface area contributed by atoms with Gasteiger partial charge in [-0.3, -0.25) is 0 Å². The summed E-state index contributed by atoms with van der Waals surface area (Å²) in [4.78, 5) is 4.59. The maximum absolute atomic E-state index is 13.4. The third-order valence-electron chi connectivity index (χ3n) is 3.46. The van der Waals surface area contributed by atoms with Gasteiger partial charge in [-0.1, -0.05) is 18.2 Å². The molecule has 3 rings (SSSR count). The molecule has 0 bridgehead atoms. The zero-order valence-electron chi connectivity index (χ0n) is 11.3. The predicted octanol–water partition coefficient (Wildman–Crippen LogP) is 2.88. The van der Waals surface area contributed by atoms with Crippen LogP contribution in [-0.2, 0) is 13.5 Å². The molecule has 0 saturated heterocycles. The Morgan fingerprint density at radius 3 is 2.80 bits per heavy atom.